The van der Waals surface area contributed by atoms with E-state index in [4.69, 9.17) is 17.3 Å². The Bertz CT molecular complexity index is 534. The molecule has 0 aliphatic heterocycles. The first kappa shape index (κ1) is 10.1. The lowest BCUT2D eigenvalue weighted by Gasteiger charge is -1.99. The van der Waals surface area contributed by atoms with Crippen LogP contribution in [-0.2, 0) is 4.87 Å². The normalized spacial score (nSPS) is 17.3. The molecule has 1 aliphatic rings. The number of halogens is 1. The van der Waals surface area contributed by atoms with Crippen molar-refractivity contribution in [2.75, 3.05) is 5.73 Å². The predicted molar refractivity (Wildman–Crippen MR) is 66.5 cm³/mol. The summed E-state index contributed by atoms with van der Waals surface area (Å²) in [6.45, 7) is 0. The Morgan fingerprint density at radius 2 is 2.25 bits per heavy atom. The van der Waals surface area contributed by atoms with Crippen LogP contribution in [-0.4, -0.2) is 9.97 Å². The smallest absolute Gasteiger partial charge is 0.142 e. The summed E-state index contributed by atoms with van der Waals surface area (Å²) >= 11 is 7.87. The fraction of sp³-hybridized carbons (Fsp3) is 0.273. The molecular formula is C11H10ClN3S. The van der Waals surface area contributed by atoms with Crippen LogP contribution in [0.5, 0.6) is 0 Å². The molecule has 0 radical (unpaired) electrons. The van der Waals surface area contributed by atoms with Gasteiger partial charge in [0.25, 0.3) is 0 Å². The first-order chi connectivity index (χ1) is 7.67. The number of nitrogen functional groups attached to an aromatic ring is 1. The third kappa shape index (κ3) is 1.68. The highest BCUT2D eigenvalue weighted by atomic mass is 35.5. The maximum absolute atomic E-state index is 6.30. The van der Waals surface area contributed by atoms with Crippen molar-refractivity contribution >= 4 is 28.6 Å². The summed E-state index contributed by atoms with van der Waals surface area (Å²) in [6, 6.07) is 3.60. The fourth-order valence-corrected chi connectivity index (χ4v) is 2.67. The SMILES string of the molecule is Nc1ccnc(-c2nc(C3(Cl)CC3)cs2)c1. The summed E-state index contributed by atoms with van der Waals surface area (Å²) < 4.78 is 0. The maximum atomic E-state index is 6.30. The second kappa shape index (κ2) is 3.43. The molecule has 0 unspecified atom stereocenters. The minimum absolute atomic E-state index is 0.199. The third-order valence-corrected chi connectivity index (χ3v) is 4.09. The average Bonchev–Trinajstić information content (AvgIpc) is 2.83. The van der Waals surface area contributed by atoms with Crippen LogP contribution in [0.2, 0.25) is 0 Å². The van der Waals surface area contributed by atoms with E-state index in [0.29, 0.717) is 5.69 Å². The zero-order valence-electron chi connectivity index (χ0n) is 8.48. The molecule has 2 aromatic rings. The number of nitrogens with zero attached hydrogens (tertiary/aromatic N) is 2. The number of aromatic nitrogens is 2. The van der Waals surface area contributed by atoms with Crippen LogP contribution in [0.15, 0.2) is 23.7 Å². The highest BCUT2D eigenvalue weighted by molar-refractivity contribution is 7.13. The number of rotatable bonds is 2. The lowest BCUT2D eigenvalue weighted by atomic mass is 10.3. The van der Waals surface area contributed by atoms with E-state index in [9.17, 15) is 0 Å². The average molecular weight is 252 g/mol. The zero-order valence-corrected chi connectivity index (χ0v) is 10.1. The Labute approximate surface area is 102 Å². The number of nitrogens with two attached hydrogens (primary N) is 1. The Morgan fingerprint density at radius 3 is 2.94 bits per heavy atom. The van der Waals surface area contributed by atoms with Crippen molar-refractivity contribution in [1.82, 2.24) is 9.97 Å². The molecule has 82 valence electrons. The second-order valence-electron chi connectivity index (χ2n) is 3.98. The van der Waals surface area contributed by atoms with Crippen molar-refractivity contribution < 1.29 is 0 Å². The predicted octanol–water partition coefficient (Wildman–Crippen LogP) is 3.02. The monoisotopic (exact) mass is 251 g/mol. The number of thiazole rings is 1. The molecule has 2 N–H and O–H groups in total. The summed E-state index contributed by atoms with van der Waals surface area (Å²) in [4.78, 5) is 8.58. The van der Waals surface area contributed by atoms with Crippen LogP contribution in [0, 0.1) is 0 Å². The molecular weight excluding hydrogens is 242 g/mol. The molecule has 1 fully saturated rings. The number of pyridine rings is 1. The van der Waals surface area contributed by atoms with Gasteiger partial charge in [0.2, 0.25) is 0 Å². The molecule has 1 saturated carbocycles. The van der Waals surface area contributed by atoms with E-state index in [1.165, 1.54) is 0 Å². The highest BCUT2D eigenvalue weighted by Gasteiger charge is 2.44. The van der Waals surface area contributed by atoms with Crippen molar-refractivity contribution in [2.45, 2.75) is 17.7 Å². The Hall–Kier alpha value is -1.13. The lowest BCUT2D eigenvalue weighted by Crippen LogP contribution is -1.96. The minimum Gasteiger partial charge on any atom is -0.399 e. The number of alkyl halides is 1. The third-order valence-electron chi connectivity index (χ3n) is 2.66. The highest BCUT2D eigenvalue weighted by Crippen LogP contribution is 2.52. The summed E-state index contributed by atoms with van der Waals surface area (Å²) in [5, 5.41) is 2.90. The number of anilines is 1. The van der Waals surface area contributed by atoms with Gasteiger partial charge in [-0.3, -0.25) is 4.98 Å². The fourth-order valence-electron chi connectivity index (χ4n) is 1.53. The first-order valence-electron chi connectivity index (χ1n) is 5.04. The van der Waals surface area contributed by atoms with Crippen LogP contribution < -0.4 is 5.73 Å². The Morgan fingerprint density at radius 1 is 1.44 bits per heavy atom. The molecule has 2 aromatic heterocycles. The molecule has 2 heterocycles. The van der Waals surface area contributed by atoms with Crippen LogP contribution in [0.25, 0.3) is 10.7 Å². The summed E-state index contributed by atoms with van der Waals surface area (Å²) in [5.74, 6) is 0. The van der Waals surface area contributed by atoms with Crippen molar-refractivity contribution in [1.29, 1.82) is 0 Å². The number of hydrogen-bond acceptors (Lipinski definition) is 4. The largest absolute Gasteiger partial charge is 0.399 e. The molecule has 0 saturated heterocycles. The Balaban J connectivity index is 1.98. The van der Waals surface area contributed by atoms with Gasteiger partial charge in [-0.15, -0.1) is 22.9 Å². The van der Waals surface area contributed by atoms with Crippen LogP contribution in [0.4, 0.5) is 5.69 Å². The van der Waals surface area contributed by atoms with Gasteiger partial charge in [-0.2, -0.15) is 0 Å². The van der Waals surface area contributed by atoms with E-state index in [1.807, 2.05) is 11.4 Å². The van der Waals surface area contributed by atoms with Crippen molar-refractivity contribution in [3.63, 3.8) is 0 Å². The molecule has 3 rings (SSSR count). The van der Waals surface area contributed by atoms with E-state index < -0.39 is 0 Å². The summed E-state index contributed by atoms with van der Waals surface area (Å²) in [6.07, 6.45) is 3.73. The standard InChI is InChI=1S/C11H10ClN3S/c12-11(2-3-11)9-6-16-10(15-9)8-5-7(13)1-4-14-8/h1,4-6H,2-3H2,(H2,13,14). The van der Waals surface area contributed by atoms with Gasteiger partial charge in [-0.1, -0.05) is 0 Å². The molecule has 3 nitrogen and oxygen atoms in total. The van der Waals surface area contributed by atoms with E-state index >= 15 is 0 Å². The van der Waals surface area contributed by atoms with Crippen LogP contribution in [0.1, 0.15) is 18.5 Å². The molecule has 0 aromatic carbocycles. The van der Waals surface area contributed by atoms with Crippen molar-refractivity contribution in [3.05, 3.63) is 29.4 Å². The molecule has 16 heavy (non-hydrogen) atoms. The molecule has 0 bridgehead atoms. The lowest BCUT2D eigenvalue weighted by molar-refractivity contribution is 0.957. The van der Waals surface area contributed by atoms with Gasteiger partial charge < -0.3 is 5.73 Å². The topological polar surface area (TPSA) is 51.8 Å². The molecule has 1 aliphatic carbocycles. The number of hydrogen-bond donors (Lipinski definition) is 1. The minimum atomic E-state index is -0.199. The van der Waals surface area contributed by atoms with Gasteiger partial charge in [0.05, 0.1) is 10.6 Å². The summed E-state index contributed by atoms with van der Waals surface area (Å²) in [7, 11) is 0. The van der Waals surface area contributed by atoms with Gasteiger partial charge in [0.1, 0.15) is 10.7 Å². The van der Waals surface area contributed by atoms with E-state index in [1.54, 1.807) is 23.6 Å². The van der Waals surface area contributed by atoms with E-state index in [2.05, 4.69) is 9.97 Å². The first-order valence-corrected chi connectivity index (χ1v) is 6.30. The zero-order chi connectivity index (χ0) is 11.2. The Kier molecular flexibility index (Phi) is 2.16. The second-order valence-corrected chi connectivity index (χ2v) is 5.56. The molecule has 5 heteroatoms. The van der Waals surface area contributed by atoms with E-state index in [0.717, 1.165) is 29.2 Å². The van der Waals surface area contributed by atoms with Crippen molar-refractivity contribution in [3.8, 4) is 10.7 Å². The quantitative estimate of drug-likeness (QED) is 0.835. The van der Waals surface area contributed by atoms with E-state index in [-0.39, 0.29) is 4.87 Å². The van der Waals surface area contributed by atoms with Gasteiger partial charge in [-0.05, 0) is 25.0 Å². The van der Waals surface area contributed by atoms with Crippen LogP contribution >= 0.6 is 22.9 Å². The summed E-state index contributed by atoms with van der Waals surface area (Å²) in [5.41, 5.74) is 8.20. The van der Waals surface area contributed by atoms with Gasteiger partial charge in [0.15, 0.2) is 0 Å². The van der Waals surface area contributed by atoms with Gasteiger partial charge in [0, 0.05) is 17.3 Å². The van der Waals surface area contributed by atoms with Crippen LogP contribution in [0.3, 0.4) is 0 Å². The molecule has 0 atom stereocenters. The molecule has 0 spiro atoms. The van der Waals surface area contributed by atoms with Gasteiger partial charge in [-0.25, -0.2) is 4.98 Å². The maximum Gasteiger partial charge on any atom is 0.142 e. The molecule has 0 amide bonds. The van der Waals surface area contributed by atoms with Gasteiger partial charge >= 0.3 is 0 Å². The van der Waals surface area contributed by atoms with Crippen molar-refractivity contribution in [2.24, 2.45) is 0 Å².